The minimum atomic E-state index is -0.358. The van der Waals surface area contributed by atoms with E-state index in [2.05, 4.69) is 10.3 Å². The maximum absolute atomic E-state index is 11.5. The monoisotopic (exact) mass is 225 g/mol. The highest BCUT2D eigenvalue weighted by Crippen LogP contribution is 1.98. The molecule has 0 bridgehead atoms. The summed E-state index contributed by atoms with van der Waals surface area (Å²) in [5.41, 5.74) is 0. The predicted octanol–water partition coefficient (Wildman–Crippen LogP) is 0.520. The first-order valence-electron chi connectivity index (χ1n) is 5.51. The van der Waals surface area contributed by atoms with Crippen molar-refractivity contribution < 1.29 is 9.90 Å². The van der Waals surface area contributed by atoms with Crippen LogP contribution in [-0.2, 0) is 0 Å². The fourth-order valence-corrected chi connectivity index (χ4v) is 1.22. The third-order valence-electron chi connectivity index (χ3n) is 2.43. The highest BCUT2D eigenvalue weighted by molar-refractivity contribution is 5.78. The number of rotatable bonds is 6. The number of hydrogen-bond donors (Lipinski definition) is 2. The molecule has 1 heterocycles. The second-order valence-electron chi connectivity index (χ2n) is 4.13. The Labute approximate surface area is 95.5 Å². The van der Waals surface area contributed by atoms with Crippen LogP contribution in [0.4, 0.5) is 0 Å². The van der Waals surface area contributed by atoms with Gasteiger partial charge < -0.3 is 10.4 Å². The number of carbonyl (C=O) groups excluding carboxylic acids is 1. The van der Waals surface area contributed by atoms with E-state index in [1.165, 1.54) is 10.9 Å². The van der Waals surface area contributed by atoms with Gasteiger partial charge >= 0.3 is 0 Å². The van der Waals surface area contributed by atoms with E-state index in [9.17, 15) is 9.90 Å². The summed E-state index contributed by atoms with van der Waals surface area (Å²) in [5.74, 6) is 0.237. The summed E-state index contributed by atoms with van der Waals surface area (Å²) in [6.07, 6.45) is 4.74. The van der Waals surface area contributed by atoms with Crippen LogP contribution in [0.3, 0.4) is 0 Å². The molecule has 1 atom stereocenters. The summed E-state index contributed by atoms with van der Waals surface area (Å²) in [5, 5.41) is 12.6. The highest BCUT2D eigenvalue weighted by Gasteiger charge is 2.08. The zero-order chi connectivity index (χ0) is 12.0. The van der Waals surface area contributed by atoms with Crippen LogP contribution in [0.25, 0.3) is 0 Å². The summed E-state index contributed by atoms with van der Waals surface area (Å²) < 4.78 is 1.46. The van der Waals surface area contributed by atoms with E-state index < -0.39 is 0 Å². The van der Waals surface area contributed by atoms with Crippen LogP contribution in [-0.4, -0.2) is 39.8 Å². The average Bonchev–Trinajstić information content (AvgIpc) is 2.76. The largest absolute Gasteiger partial charge is 0.392 e. The third kappa shape index (κ3) is 4.12. The molecule has 0 saturated carbocycles. The lowest BCUT2D eigenvalue weighted by Gasteiger charge is -2.14. The van der Waals surface area contributed by atoms with Gasteiger partial charge in [0, 0.05) is 31.9 Å². The fraction of sp³-hybridized carbons (Fsp3) is 0.636. The number of imidazole rings is 1. The van der Waals surface area contributed by atoms with Gasteiger partial charge in [0.1, 0.15) is 6.33 Å². The molecule has 0 spiro atoms. The lowest BCUT2D eigenvalue weighted by atomic mass is 10.1. The Balaban J connectivity index is 2.14. The fourth-order valence-electron chi connectivity index (χ4n) is 1.22. The lowest BCUT2D eigenvalue weighted by molar-refractivity contribution is 0.0895. The maximum atomic E-state index is 11.5. The molecule has 0 amide bonds. The van der Waals surface area contributed by atoms with Crippen LogP contribution in [0.2, 0.25) is 0 Å². The molecule has 0 aliphatic rings. The molecule has 0 aliphatic heterocycles. The van der Waals surface area contributed by atoms with Crippen molar-refractivity contribution in [2.75, 3.05) is 13.1 Å². The van der Waals surface area contributed by atoms with E-state index in [-0.39, 0.29) is 17.9 Å². The zero-order valence-corrected chi connectivity index (χ0v) is 9.76. The maximum Gasteiger partial charge on any atom is 0.233 e. The molecule has 1 aromatic rings. The Morgan fingerprint density at radius 2 is 2.31 bits per heavy atom. The number of nitrogens with one attached hydrogen (secondary N) is 1. The minimum absolute atomic E-state index is 0.00374. The second-order valence-corrected chi connectivity index (χ2v) is 4.13. The minimum Gasteiger partial charge on any atom is -0.392 e. The molecular formula is C11H19N3O2. The molecule has 90 valence electrons. The van der Waals surface area contributed by atoms with Gasteiger partial charge in [0.15, 0.2) is 0 Å². The van der Waals surface area contributed by atoms with Crippen molar-refractivity contribution in [3.05, 3.63) is 18.7 Å². The van der Waals surface area contributed by atoms with Crippen molar-refractivity contribution >= 4 is 5.91 Å². The molecule has 2 N–H and O–H groups in total. The first-order valence-corrected chi connectivity index (χ1v) is 5.51. The van der Waals surface area contributed by atoms with Gasteiger partial charge in [-0.25, -0.2) is 4.98 Å². The SMILES string of the molecule is CC(C)C(O)CNCCC(=O)n1ccnc1. The van der Waals surface area contributed by atoms with Gasteiger partial charge in [-0.1, -0.05) is 13.8 Å². The van der Waals surface area contributed by atoms with E-state index in [4.69, 9.17) is 0 Å². The zero-order valence-electron chi connectivity index (χ0n) is 9.76. The number of aliphatic hydroxyl groups excluding tert-OH is 1. The molecule has 1 rings (SSSR count). The molecule has 0 aromatic carbocycles. The van der Waals surface area contributed by atoms with Crippen molar-refractivity contribution in [3.8, 4) is 0 Å². The van der Waals surface area contributed by atoms with E-state index in [1.54, 1.807) is 12.4 Å². The van der Waals surface area contributed by atoms with E-state index in [0.717, 1.165) is 0 Å². The van der Waals surface area contributed by atoms with E-state index >= 15 is 0 Å². The van der Waals surface area contributed by atoms with E-state index in [0.29, 0.717) is 19.5 Å². The summed E-state index contributed by atoms with van der Waals surface area (Å²) >= 11 is 0. The molecule has 5 nitrogen and oxygen atoms in total. The summed E-state index contributed by atoms with van der Waals surface area (Å²) in [7, 11) is 0. The topological polar surface area (TPSA) is 67.2 Å². The predicted molar refractivity (Wildman–Crippen MR) is 61.2 cm³/mol. The van der Waals surface area contributed by atoms with Crippen LogP contribution in [0.5, 0.6) is 0 Å². The molecule has 16 heavy (non-hydrogen) atoms. The average molecular weight is 225 g/mol. The molecule has 5 heteroatoms. The Hall–Kier alpha value is -1.20. The van der Waals surface area contributed by atoms with Crippen LogP contribution < -0.4 is 5.32 Å². The van der Waals surface area contributed by atoms with Gasteiger partial charge in [-0.3, -0.25) is 9.36 Å². The van der Waals surface area contributed by atoms with Crippen molar-refractivity contribution in [3.63, 3.8) is 0 Å². The lowest BCUT2D eigenvalue weighted by Crippen LogP contribution is -2.32. The number of nitrogens with zero attached hydrogens (tertiary/aromatic N) is 2. The highest BCUT2D eigenvalue weighted by atomic mass is 16.3. The molecule has 1 aromatic heterocycles. The molecule has 0 aliphatic carbocycles. The normalized spacial score (nSPS) is 13.0. The first kappa shape index (κ1) is 12.9. The van der Waals surface area contributed by atoms with Gasteiger partial charge in [-0.15, -0.1) is 0 Å². The molecule has 1 unspecified atom stereocenters. The van der Waals surface area contributed by atoms with Crippen LogP contribution in [0.15, 0.2) is 18.7 Å². The Bertz CT molecular complexity index is 309. The van der Waals surface area contributed by atoms with Gasteiger partial charge in [-0.2, -0.15) is 0 Å². The third-order valence-corrected chi connectivity index (χ3v) is 2.43. The van der Waals surface area contributed by atoms with Crippen molar-refractivity contribution in [1.29, 1.82) is 0 Å². The van der Waals surface area contributed by atoms with Crippen LogP contribution >= 0.6 is 0 Å². The molecular weight excluding hydrogens is 206 g/mol. The Morgan fingerprint density at radius 3 is 2.88 bits per heavy atom. The Kier molecular flexibility index (Phi) is 5.14. The molecule has 0 fully saturated rings. The number of aromatic nitrogens is 2. The van der Waals surface area contributed by atoms with Gasteiger partial charge in [-0.05, 0) is 5.92 Å². The number of carbonyl (C=O) groups is 1. The van der Waals surface area contributed by atoms with Gasteiger partial charge in [0.25, 0.3) is 0 Å². The van der Waals surface area contributed by atoms with Crippen molar-refractivity contribution in [1.82, 2.24) is 14.9 Å². The van der Waals surface area contributed by atoms with Crippen LogP contribution in [0.1, 0.15) is 25.1 Å². The number of aliphatic hydroxyl groups is 1. The molecule has 0 radical (unpaired) electrons. The Morgan fingerprint density at radius 1 is 1.56 bits per heavy atom. The smallest absolute Gasteiger partial charge is 0.233 e. The second kappa shape index (κ2) is 6.40. The first-order chi connectivity index (χ1) is 7.61. The van der Waals surface area contributed by atoms with Crippen LogP contribution in [0, 0.1) is 5.92 Å². The van der Waals surface area contributed by atoms with Gasteiger partial charge in [0.05, 0.1) is 6.10 Å². The summed E-state index contributed by atoms with van der Waals surface area (Å²) in [4.78, 5) is 15.3. The summed E-state index contributed by atoms with van der Waals surface area (Å²) in [6, 6.07) is 0. The number of hydrogen-bond acceptors (Lipinski definition) is 4. The standard InChI is InChI=1S/C11H19N3O2/c1-9(2)10(15)7-12-4-3-11(16)14-6-5-13-8-14/h5-6,8-10,12,15H,3-4,7H2,1-2H3. The quantitative estimate of drug-likeness (QED) is 0.693. The molecule has 0 saturated heterocycles. The van der Waals surface area contributed by atoms with E-state index in [1.807, 2.05) is 13.8 Å². The van der Waals surface area contributed by atoms with Gasteiger partial charge in [0.2, 0.25) is 5.91 Å². The summed E-state index contributed by atoms with van der Waals surface area (Å²) in [6.45, 7) is 5.02. The van der Waals surface area contributed by atoms with Crippen molar-refractivity contribution in [2.24, 2.45) is 5.92 Å². The van der Waals surface area contributed by atoms with Crippen molar-refractivity contribution in [2.45, 2.75) is 26.4 Å².